The molecule has 0 spiro atoms. The Labute approximate surface area is 209 Å². The Hall–Kier alpha value is -3.59. The lowest BCUT2D eigenvalue weighted by Gasteiger charge is -2.32. The van der Waals surface area contributed by atoms with Gasteiger partial charge in [0.05, 0.1) is 25.9 Å². The molecule has 3 aromatic rings. The quantitative estimate of drug-likeness (QED) is 0.562. The van der Waals surface area contributed by atoms with E-state index in [1.165, 1.54) is 13.2 Å². The number of aromatic nitrogens is 2. The molecule has 3 heterocycles. The van der Waals surface area contributed by atoms with E-state index in [0.717, 1.165) is 43.5 Å². The summed E-state index contributed by atoms with van der Waals surface area (Å²) in [5, 5.41) is 7.75. The Morgan fingerprint density at radius 3 is 2.67 bits per heavy atom. The molecule has 36 heavy (non-hydrogen) atoms. The van der Waals surface area contributed by atoms with Gasteiger partial charge in [0, 0.05) is 50.9 Å². The normalized spacial score (nSPS) is 16.4. The minimum Gasteiger partial charge on any atom is -0.494 e. The van der Waals surface area contributed by atoms with E-state index in [1.807, 2.05) is 31.3 Å². The Kier molecular flexibility index (Phi) is 7.09. The van der Waals surface area contributed by atoms with E-state index in [0.29, 0.717) is 42.5 Å². The number of rotatable bonds is 6. The van der Waals surface area contributed by atoms with Crippen LogP contribution in [0.25, 0.3) is 11.3 Å². The van der Waals surface area contributed by atoms with Gasteiger partial charge in [-0.3, -0.25) is 14.4 Å². The van der Waals surface area contributed by atoms with Crippen molar-refractivity contribution in [3.63, 3.8) is 0 Å². The Balaban J connectivity index is 1.21. The number of fused-ring (bicyclic) bond motifs is 1. The number of carbonyl (C=O) groups is 1. The molecule has 2 aliphatic rings. The standard InChI is InChI=1S/C27H31FN4O4/c1-31-17-21(26(30-31)19-5-7-24-25(15-19)36-13-3-12-35-24)27(33)29-20-8-10-32(11-9-20)16-18-4-6-23(34-2)22(28)14-18/h4-7,14-15,17,20H,3,8-13,16H2,1-2H3,(H,29,33). The molecule has 1 saturated heterocycles. The number of likely N-dealkylation sites (tertiary alicyclic amines) is 1. The highest BCUT2D eigenvalue weighted by Gasteiger charge is 2.25. The van der Waals surface area contributed by atoms with Gasteiger partial charge in [-0.05, 0) is 48.7 Å². The van der Waals surface area contributed by atoms with Gasteiger partial charge in [-0.25, -0.2) is 4.39 Å². The maximum absolute atomic E-state index is 14.0. The smallest absolute Gasteiger partial charge is 0.255 e. The molecule has 1 fully saturated rings. The largest absolute Gasteiger partial charge is 0.494 e. The number of nitrogens with one attached hydrogen (secondary N) is 1. The fourth-order valence-corrected chi connectivity index (χ4v) is 4.74. The molecule has 9 heteroatoms. The zero-order chi connectivity index (χ0) is 25.1. The number of hydrogen-bond acceptors (Lipinski definition) is 6. The van der Waals surface area contributed by atoms with Gasteiger partial charge in [-0.2, -0.15) is 5.10 Å². The molecule has 0 saturated carbocycles. The maximum atomic E-state index is 14.0. The summed E-state index contributed by atoms with van der Waals surface area (Å²) in [4.78, 5) is 15.5. The zero-order valence-electron chi connectivity index (χ0n) is 20.6. The number of amides is 1. The SMILES string of the molecule is COc1ccc(CN2CCC(NC(=O)c3cn(C)nc3-c3ccc4c(c3)OCCCO4)CC2)cc1F. The Morgan fingerprint density at radius 2 is 1.92 bits per heavy atom. The van der Waals surface area contributed by atoms with Crippen molar-refractivity contribution in [2.45, 2.75) is 31.8 Å². The second-order valence-electron chi connectivity index (χ2n) is 9.27. The van der Waals surface area contributed by atoms with Crippen LogP contribution in [0.3, 0.4) is 0 Å². The van der Waals surface area contributed by atoms with Crippen LogP contribution in [0.2, 0.25) is 0 Å². The number of hydrogen-bond donors (Lipinski definition) is 1. The van der Waals surface area contributed by atoms with Crippen molar-refractivity contribution in [3.8, 4) is 28.5 Å². The molecule has 5 rings (SSSR count). The summed E-state index contributed by atoms with van der Waals surface area (Å²) in [6.45, 7) is 3.53. The molecule has 0 unspecified atom stereocenters. The van der Waals surface area contributed by atoms with Gasteiger partial charge >= 0.3 is 0 Å². The summed E-state index contributed by atoms with van der Waals surface area (Å²) >= 11 is 0. The molecule has 2 aliphatic heterocycles. The monoisotopic (exact) mass is 494 g/mol. The van der Waals surface area contributed by atoms with Crippen molar-refractivity contribution in [1.82, 2.24) is 20.0 Å². The molecule has 0 aliphatic carbocycles. The van der Waals surface area contributed by atoms with E-state index in [2.05, 4.69) is 15.3 Å². The second kappa shape index (κ2) is 10.6. The van der Waals surface area contributed by atoms with E-state index in [-0.39, 0.29) is 23.5 Å². The van der Waals surface area contributed by atoms with E-state index >= 15 is 0 Å². The van der Waals surface area contributed by atoms with Crippen molar-refractivity contribution in [2.24, 2.45) is 7.05 Å². The third-order valence-corrected chi connectivity index (χ3v) is 6.64. The van der Waals surface area contributed by atoms with Crippen LogP contribution in [0.1, 0.15) is 35.2 Å². The lowest BCUT2D eigenvalue weighted by molar-refractivity contribution is 0.0909. The van der Waals surface area contributed by atoms with Crippen molar-refractivity contribution in [3.05, 3.63) is 59.5 Å². The predicted molar refractivity (Wildman–Crippen MR) is 133 cm³/mol. The summed E-state index contributed by atoms with van der Waals surface area (Å²) in [5.74, 6) is 1.15. The third-order valence-electron chi connectivity index (χ3n) is 6.64. The first-order valence-electron chi connectivity index (χ1n) is 12.3. The molecule has 0 atom stereocenters. The first-order valence-corrected chi connectivity index (χ1v) is 12.3. The average molecular weight is 495 g/mol. The number of benzene rings is 2. The first kappa shape index (κ1) is 24.1. The molecule has 8 nitrogen and oxygen atoms in total. The first-order chi connectivity index (χ1) is 17.5. The topological polar surface area (TPSA) is 77.9 Å². The fraction of sp³-hybridized carbons (Fsp3) is 0.407. The number of piperidine rings is 1. The number of methoxy groups -OCH3 is 1. The van der Waals surface area contributed by atoms with Crippen LogP contribution in [0.4, 0.5) is 4.39 Å². The molecule has 2 aromatic carbocycles. The van der Waals surface area contributed by atoms with Crippen molar-refractivity contribution in [2.75, 3.05) is 33.4 Å². The number of nitrogens with zero attached hydrogens (tertiary/aromatic N) is 3. The fourth-order valence-electron chi connectivity index (χ4n) is 4.74. The van der Waals surface area contributed by atoms with E-state index < -0.39 is 0 Å². The summed E-state index contributed by atoms with van der Waals surface area (Å²) in [5.41, 5.74) is 2.87. The van der Waals surface area contributed by atoms with Crippen LogP contribution in [-0.2, 0) is 13.6 Å². The van der Waals surface area contributed by atoms with Crippen LogP contribution < -0.4 is 19.5 Å². The molecule has 1 amide bonds. The van der Waals surface area contributed by atoms with Gasteiger partial charge in [0.2, 0.25) is 0 Å². The van der Waals surface area contributed by atoms with E-state index in [4.69, 9.17) is 14.2 Å². The lowest BCUT2D eigenvalue weighted by Crippen LogP contribution is -2.44. The van der Waals surface area contributed by atoms with Crippen LogP contribution in [0.5, 0.6) is 17.2 Å². The lowest BCUT2D eigenvalue weighted by atomic mass is 10.0. The highest BCUT2D eigenvalue weighted by molar-refractivity contribution is 6.00. The van der Waals surface area contributed by atoms with E-state index in [9.17, 15) is 9.18 Å². The zero-order valence-corrected chi connectivity index (χ0v) is 20.6. The highest BCUT2D eigenvalue weighted by atomic mass is 19.1. The van der Waals surface area contributed by atoms with Crippen molar-refractivity contribution in [1.29, 1.82) is 0 Å². The summed E-state index contributed by atoms with van der Waals surface area (Å²) < 4.78 is 32.2. The Bertz CT molecular complexity index is 1240. The van der Waals surface area contributed by atoms with Gasteiger partial charge in [-0.1, -0.05) is 6.07 Å². The Morgan fingerprint density at radius 1 is 1.14 bits per heavy atom. The van der Waals surface area contributed by atoms with Crippen LogP contribution >= 0.6 is 0 Å². The second-order valence-corrected chi connectivity index (χ2v) is 9.27. The van der Waals surface area contributed by atoms with Gasteiger partial charge in [0.1, 0.15) is 5.69 Å². The average Bonchev–Trinajstić information content (AvgIpc) is 3.12. The molecule has 0 bridgehead atoms. The van der Waals surface area contributed by atoms with Gasteiger partial charge < -0.3 is 19.5 Å². The third kappa shape index (κ3) is 5.31. The molecule has 1 aromatic heterocycles. The summed E-state index contributed by atoms with van der Waals surface area (Å²) in [6.07, 6.45) is 4.23. The predicted octanol–water partition coefficient (Wildman–Crippen LogP) is 3.79. The molecular weight excluding hydrogens is 463 g/mol. The van der Waals surface area contributed by atoms with Crippen molar-refractivity contribution < 1.29 is 23.4 Å². The maximum Gasteiger partial charge on any atom is 0.255 e. The van der Waals surface area contributed by atoms with Gasteiger partial charge in [0.15, 0.2) is 23.1 Å². The van der Waals surface area contributed by atoms with Crippen LogP contribution in [0.15, 0.2) is 42.6 Å². The number of aryl methyl sites for hydroxylation is 1. The minimum absolute atomic E-state index is 0.0678. The molecular formula is C27H31FN4O4. The van der Waals surface area contributed by atoms with Gasteiger partial charge in [-0.15, -0.1) is 0 Å². The molecule has 190 valence electrons. The number of carbonyl (C=O) groups excluding carboxylic acids is 1. The van der Waals surface area contributed by atoms with E-state index in [1.54, 1.807) is 16.9 Å². The highest BCUT2D eigenvalue weighted by Crippen LogP contribution is 2.35. The summed E-state index contributed by atoms with van der Waals surface area (Å²) in [6, 6.07) is 10.8. The molecule has 0 radical (unpaired) electrons. The van der Waals surface area contributed by atoms with Crippen LogP contribution in [0, 0.1) is 5.82 Å². The van der Waals surface area contributed by atoms with Crippen molar-refractivity contribution >= 4 is 5.91 Å². The van der Waals surface area contributed by atoms with Crippen LogP contribution in [-0.4, -0.2) is 60.0 Å². The number of ether oxygens (including phenoxy) is 3. The van der Waals surface area contributed by atoms with Gasteiger partial charge in [0.25, 0.3) is 5.91 Å². The summed E-state index contributed by atoms with van der Waals surface area (Å²) in [7, 11) is 3.27. The number of halogens is 1. The molecule has 1 N–H and O–H groups in total. The minimum atomic E-state index is -0.349.